The predicted octanol–water partition coefficient (Wildman–Crippen LogP) is 2.51. The van der Waals surface area contributed by atoms with Crippen LogP contribution in [0.4, 0.5) is 5.69 Å². The van der Waals surface area contributed by atoms with Gasteiger partial charge in [-0.05, 0) is 62.6 Å². The van der Waals surface area contributed by atoms with Crippen molar-refractivity contribution in [3.05, 3.63) is 59.7 Å². The van der Waals surface area contributed by atoms with E-state index in [4.69, 9.17) is 4.74 Å². The number of fused-ring (bicyclic) bond motifs is 1. The van der Waals surface area contributed by atoms with E-state index in [1.807, 2.05) is 18.2 Å². The number of esters is 1. The lowest BCUT2D eigenvalue weighted by Gasteiger charge is -2.30. The average Bonchev–Trinajstić information content (AvgIpc) is 2.71. The van der Waals surface area contributed by atoms with Gasteiger partial charge in [-0.15, -0.1) is 0 Å². The molecule has 0 radical (unpaired) electrons. The molecule has 1 aliphatic heterocycles. The minimum atomic E-state index is -3.74. The van der Waals surface area contributed by atoms with E-state index >= 15 is 0 Å². The third-order valence-electron chi connectivity index (χ3n) is 4.53. The van der Waals surface area contributed by atoms with E-state index in [0.717, 1.165) is 18.4 Å². The second kappa shape index (κ2) is 8.65. The van der Waals surface area contributed by atoms with Crippen LogP contribution in [0.5, 0.6) is 0 Å². The molecule has 0 aromatic heterocycles. The molecule has 0 aliphatic carbocycles. The summed E-state index contributed by atoms with van der Waals surface area (Å²) >= 11 is 0. The Morgan fingerprint density at radius 2 is 1.79 bits per heavy atom. The summed E-state index contributed by atoms with van der Waals surface area (Å²) in [6.45, 7) is 3.63. The molecule has 0 fully saturated rings. The summed E-state index contributed by atoms with van der Waals surface area (Å²) in [4.78, 5) is 23.8. The van der Waals surface area contributed by atoms with E-state index in [2.05, 4.69) is 5.32 Å². The van der Waals surface area contributed by atoms with Crippen LogP contribution in [0, 0.1) is 0 Å². The van der Waals surface area contributed by atoms with Crippen molar-refractivity contribution in [2.45, 2.75) is 37.6 Å². The molecule has 3 rings (SSSR count). The second-order valence-electron chi connectivity index (χ2n) is 7.13. The Labute approximate surface area is 170 Å². The number of benzene rings is 2. The molecule has 0 saturated carbocycles. The monoisotopic (exact) mass is 416 g/mol. The van der Waals surface area contributed by atoms with Gasteiger partial charge in [0.1, 0.15) is 0 Å². The summed E-state index contributed by atoms with van der Waals surface area (Å²) in [5.41, 5.74) is 1.88. The smallest absolute Gasteiger partial charge is 0.338 e. The zero-order valence-corrected chi connectivity index (χ0v) is 17.2. The van der Waals surface area contributed by atoms with Crippen molar-refractivity contribution in [3.8, 4) is 0 Å². The standard InChI is InChI=1S/C21H24N2O5S/c1-15(2)22-20(24)14-28-21(25)17-9-11-18(12-10-17)29(26,27)23-13-5-7-16-6-3-4-8-19(16)23/h3-4,6,8-12,15H,5,7,13-14H2,1-2H3,(H,22,24). The van der Waals surface area contributed by atoms with E-state index in [-0.39, 0.29) is 23.1 Å². The van der Waals surface area contributed by atoms with Crippen LogP contribution in [-0.4, -0.2) is 39.5 Å². The highest BCUT2D eigenvalue weighted by molar-refractivity contribution is 7.92. The Morgan fingerprint density at radius 1 is 1.10 bits per heavy atom. The first-order chi connectivity index (χ1) is 13.8. The fourth-order valence-corrected chi connectivity index (χ4v) is 4.76. The lowest BCUT2D eigenvalue weighted by Crippen LogP contribution is -2.35. The van der Waals surface area contributed by atoms with Gasteiger partial charge in [0, 0.05) is 12.6 Å². The number of aryl methyl sites for hydroxylation is 1. The van der Waals surface area contributed by atoms with Crippen LogP contribution in [0.3, 0.4) is 0 Å². The van der Waals surface area contributed by atoms with E-state index in [9.17, 15) is 18.0 Å². The summed E-state index contributed by atoms with van der Waals surface area (Å²) in [7, 11) is -3.74. The van der Waals surface area contributed by atoms with Gasteiger partial charge in [-0.1, -0.05) is 18.2 Å². The topological polar surface area (TPSA) is 92.8 Å². The molecule has 0 spiro atoms. The van der Waals surface area contributed by atoms with Gasteiger partial charge < -0.3 is 10.1 Å². The van der Waals surface area contributed by atoms with Crippen LogP contribution in [0.1, 0.15) is 36.2 Å². The molecule has 1 amide bonds. The first-order valence-electron chi connectivity index (χ1n) is 9.46. The molecule has 0 bridgehead atoms. The number of nitrogens with one attached hydrogen (secondary N) is 1. The van der Waals surface area contributed by atoms with Crippen molar-refractivity contribution < 1.29 is 22.7 Å². The number of ether oxygens (including phenoxy) is 1. The number of hydrogen-bond acceptors (Lipinski definition) is 5. The Morgan fingerprint density at radius 3 is 2.48 bits per heavy atom. The zero-order chi connectivity index (χ0) is 21.0. The third-order valence-corrected chi connectivity index (χ3v) is 6.36. The highest BCUT2D eigenvalue weighted by Crippen LogP contribution is 2.31. The molecular formula is C21H24N2O5S. The summed E-state index contributed by atoms with van der Waals surface area (Å²) in [6.07, 6.45) is 1.59. The molecule has 1 heterocycles. The van der Waals surface area contributed by atoms with Gasteiger partial charge in [-0.3, -0.25) is 9.10 Å². The predicted molar refractivity (Wildman–Crippen MR) is 109 cm³/mol. The van der Waals surface area contributed by atoms with E-state index < -0.39 is 21.9 Å². The number of anilines is 1. The van der Waals surface area contributed by atoms with Crippen molar-refractivity contribution in [1.82, 2.24) is 5.32 Å². The fraction of sp³-hybridized carbons (Fsp3) is 0.333. The second-order valence-corrected chi connectivity index (χ2v) is 8.99. The summed E-state index contributed by atoms with van der Waals surface area (Å²) in [6, 6.07) is 13.0. The third kappa shape index (κ3) is 4.76. The van der Waals surface area contributed by atoms with E-state index in [0.29, 0.717) is 12.2 Å². The van der Waals surface area contributed by atoms with E-state index in [1.54, 1.807) is 19.9 Å². The molecule has 0 unspecified atom stereocenters. The number of carbonyl (C=O) groups is 2. The van der Waals surface area contributed by atoms with Crippen molar-refractivity contribution in [1.29, 1.82) is 0 Å². The number of amides is 1. The number of para-hydroxylation sites is 1. The van der Waals surface area contributed by atoms with Crippen molar-refractivity contribution in [3.63, 3.8) is 0 Å². The fourth-order valence-electron chi connectivity index (χ4n) is 3.22. The van der Waals surface area contributed by atoms with Gasteiger partial charge in [-0.25, -0.2) is 13.2 Å². The van der Waals surface area contributed by atoms with Gasteiger partial charge in [0.15, 0.2) is 6.61 Å². The quantitative estimate of drug-likeness (QED) is 0.731. The molecule has 0 saturated heterocycles. The van der Waals surface area contributed by atoms with Crippen LogP contribution in [0.25, 0.3) is 0 Å². The Kier molecular flexibility index (Phi) is 6.22. The highest BCUT2D eigenvalue weighted by atomic mass is 32.2. The molecule has 154 valence electrons. The lowest BCUT2D eigenvalue weighted by molar-refractivity contribution is -0.124. The minimum Gasteiger partial charge on any atom is -0.452 e. The maximum Gasteiger partial charge on any atom is 0.338 e. The number of nitrogens with zero attached hydrogens (tertiary/aromatic N) is 1. The number of hydrogen-bond donors (Lipinski definition) is 1. The molecular weight excluding hydrogens is 392 g/mol. The van der Waals surface area contributed by atoms with Gasteiger partial charge in [0.05, 0.1) is 16.1 Å². The zero-order valence-electron chi connectivity index (χ0n) is 16.4. The summed E-state index contributed by atoms with van der Waals surface area (Å²) in [5.74, 6) is -1.08. The first kappa shape index (κ1) is 20.9. The SMILES string of the molecule is CC(C)NC(=O)COC(=O)c1ccc(S(=O)(=O)N2CCCc3ccccc32)cc1. The molecule has 1 N–H and O–H groups in total. The number of rotatable bonds is 6. The Hall–Kier alpha value is -2.87. The van der Waals surface area contributed by atoms with Crippen LogP contribution in [0.15, 0.2) is 53.4 Å². The number of sulfonamides is 1. The van der Waals surface area contributed by atoms with Crippen molar-refractivity contribution in [2.24, 2.45) is 0 Å². The largest absolute Gasteiger partial charge is 0.452 e. The Bertz CT molecular complexity index is 1000. The maximum absolute atomic E-state index is 13.1. The molecule has 7 nitrogen and oxygen atoms in total. The number of carbonyl (C=O) groups excluding carboxylic acids is 2. The first-order valence-corrected chi connectivity index (χ1v) is 10.9. The van der Waals surface area contributed by atoms with Gasteiger partial charge >= 0.3 is 5.97 Å². The molecule has 0 atom stereocenters. The van der Waals surface area contributed by atoms with Crippen LogP contribution in [0.2, 0.25) is 0 Å². The minimum absolute atomic E-state index is 0.0504. The van der Waals surface area contributed by atoms with Crippen LogP contribution < -0.4 is 9.62 Å². The van der Waals surface area contributed by atoms with E-state index in [1.165, 1.54) is 28.6 Å². The summed E-state index contributed by atoms with van der Waals surface area (Å²) in [5, 5.41) is 2.62. The van der Waals surface area contributed by atoms with Gasteiger partial charge in [0.25, 0.3) is 15.9 Å². The average molecular weight is 416 g/mol. The lowest BCUT2D eigenvalue weighted by atomic mass is 10.0. The summed E-state index contributed by atoms with van der Waals surface area (Å²) < 4.78 is 32.6. The van der Waals surface area contributed by atoms with Gasteiger partial charge in [0.2, 0.25) is 0 Å². The molecule has 29 heavy (non-hydrogen) atoms. The molecule has 8 heteroatoms. The van der Waals surface area contributed by atoms with Crippen molar-refractivity contribution in [2.75, 3.05) is 17.5 Å². The van der Waals surface area contributed by atoms with Crippen molar-refractivity contribution >= 4 is 27.6 Å². The highest BCUT2D eigenvalue weighted by Gasteiger charge is 2.29. The van der Waals surface area contributed by atoms with Crippen LogP contribution >= 0.6 is 0 Å². The maximum atomic E-state index is 13.1. The molecule has 2 aromatic rings. The van der Waals surface area contributed by atoms with Crippen LogP contribution in [-0.2, 0) is 26.0 Å². The normalized spacial score (nSPS) is 13.7. The van der Waals surface area contributed by atoms with Gasteiger partial charge in [-0.2, -0.15) is 0 Å². The molecule has 1 aliphatic rings. The molecule has 2 aromatic carbocycles. The Balaban J connectivity index is 1.73.